The second-order valence-electron chi connectivity index (χ2n) is 4.79. The molecular formula is C13H18N4O3. The number of carbonyl (C=O) groups is 1. The maximum Gasteiger partial charge on any atom is 0.360 e. The molecule has 0 fully saturated rings. The molecule has 0 atom stereocenters. The summed E-state index contributed by atoms with van der Waals surface area (Å²) in [6.07, 6.45) is 0. The van der Waals surface area contributed by atoms with Crippen molar-refractivity contribution in [1.29, 1.82) is 0 Å². The smallest absolute Gasteiger partial charge is 0.360 e. The van der Waals surface area contributed by atoms with Gasteiger partial charge < -0.3 is 9.26 Å². The summed E-state index contributed by atoms with van der Waals surface area (Å²) in [5, 5.41) is 11.8. The zero-order valence-electron chi connectivity index (χ0n) is 12.1. The van der Waals surface area contributed by atoms with Gasteiger partial charge in [0.05, 0.1) is 18.0 Å². The van der Waals surface area contributed by atoms with Crippen LogP contribution in [0.5, 0.6) is 0 Å². The zero-order valence-corrected chi connectivity index (χ0v) is 12.1. The molecule has 0 aliphatic rings. The molecule has 0 aromatic carbocycles. The SMILES string of the molecule is CCOC(=O)c1nnn(Cc2cc(C)no2)c1C(C)C. The molecule has 0 spiro atoms. The Hall–Kier alpha value is -2.18. The Morgan fingerprint density at radius 2 is 2.25 bits per heavy atom. The Kier molecular flexibility index (Phi) is 4.16. The standard InChI is InChI=1S/C13H18N4O3/c1-5-19-13(18)11-12(8(2)3)17(16-14-11)7-10-6-9(4)15-20-10/h6,8H,5,7H2,1-4H3. The van der Waals surface area contributed by atoms with Crippen LogP contribution in [0.25, 0.3) is 0 Å². The summed E-state index contributed by atoms with van der Waals surface area (Å²) in [5.41, 5.74) is 1.80. The molecule has 2 rings (SSSR count). The van der Waals surface area contributed by atoms with E-state index in [1.54, 1.807) is 11.6 Å². The Balaban J connectivity index is 2.31. The molecule has 0 saturated heterocycles. The summed E-state index contributed by atoms with van der Waals surface area (Å²) >= 11 is 0. The average Bonchev–Trinajstić information content (AvgIpc) is 2.96. The number of hydrogen-bond donors (Lipinski definition) is 0. The van der Waals surface area contributed by atoms with E-state index in [9.17, 15) is 4.79 Å². The first-order valence-electron chi connectivity index (χ1n) is 6.55. The number of carbonyl (C=O) groups excluding carboxylic acids is 1. The molecule has 0 aliphatic heterocycles. The second-order valence-corrected chi connectivity index (χ2v) is 4.79. The lowest BCUT2D eigenvalue weighted by Crippen LogP contribution is -2.12. The summed E-state index contributed by atoms with van der Waals surface area (Å²) < 4.78 is 11.8. The highest BCUT2D eigenvalue weighted by Crippen LogP contribution is 2.19. The molecule has 7 nitrogen and oxygen atoms in total. The summed E-state index contributed by atoms with van der Waals surface area (Å²) in [5.74, 6) is 0.314. The van der Waals surface area contributed by atoms with Crippen LogP contribution in [-0.4, -0.2) is 32.7 Å². The van der Waals surface area contributed by atoms with Crippen LogP contribution in [0.4, 0.5) is 0 Å². The van der Waals surface area contributed by atoms with Gasteiger partial charge in [0.25, 0.3) is 0 Å². The third-order valence-electron chi connectivity index (χ3n) is 2.77. The Bertz CT molecular complexity index is 601. The van der Waals surface area contributed by atoms with Crippen molar-refractivity contribution in [3.63, 3.8) is 0 Å². The average molecular weight is 278 g/mol. The monoisotopic (exact) mass is 278 g/mol. The molecular weight excluding hydrogens is 260 g/mol. The third kappa shape index (κ3) is 2.87. The number of hydrogen-bond acceptors (Lipinski definition) is 6. The molecule has 0 amide bonds. The van der Waals surface area contributed by atoms with E-state index in [0.717, 1.165) is 11.4 Å². The van der Waals surface area contributed by atoms with Crippen molar-refractivity contribution in [2.24, 2.45) is 0 Å². The van der Waals surface area contributed by atoms with Gasteiger partial charge in [0.15, 0.2) is 11.5 Å². The minimum absolute atomic E-state index is 0.0911. The fourth-order valence-electron chi connectivity index (χ4n) is 1.99. The minimum Gasteiger partial charge on any atom is -0.461 e. The first kappa shape index (κ1) is 14.2. The number of nitrogens with zero attached hydrogens (tertiary/aromatic N) is 4. The van der Waals surface area contributed by atoms with Gasteiger partial charge in [-0.3, -0.25) is 0 Å². The van der Waals surface area contributed by atoms with E-state index in [2.05, 4.69) is 15.5 Å². The molecule has 0 bridgehead atoms. The van der Waals surface area contributed by atoms with Crippen molar-refractivity contribution in [3.8, 4) is 0 Å². The van der Waals surface area contributed by atoms with Crippen LogP contribution in [0.2, 0.25) is 0 Å². The van der Waals surface area contributed by atoms with Crippen LogP contribution >= 0.6 is 0 Å². The van der Waals surface area contributed by atoms with E-state index < -0.39 is 5.97 Å². The maximum atomic E-state index is 11.9. The van der Waals surface area contributed by atoms with Crippen molar-refractivity contribution in [2.75, 3.05) is 6.61 Å². The lowest BCUT2D eigenvalue weighted by molar-refractivity contribution is 0.0517. The Labute approximate surface area is 116 Å². The molecule has 2 aromatic heterocycles. The van der Waals surface area contributed by atoms with Gasteiger partial charge in [-0.1, -0.05) is 24.2 Å². The first-order chi connectivity index (χ1) is 9.52. The van der Waals surface area contributed by atoms with Crippen LogP contribution < -0.4 is 0 Å². The van der Waals surface area contributed by atoms with Crippen LogP contribution in [-0.2, 0) is 11.3 Å². The predicted molar refractivity (Wildman–Crippen MR) is 70.4 cm³/mol. The van der Waals surface area contributed by atoms with Crippen molar-refractivity contribution in [3.05, 3.63) is 28.9 Å². The second kappa shape index (κ2) is 5.85. The zero-order chi connectivity index (χ0) is 14.7. The molecule has 2 aromatic rings. The quantitative estimate of drug-likeness (QED) is 0.777. The van der Waals surface area contributed by atoms with Crippen molar-refractivity contribution in [1.82, 2.24) is 20.2 Å². The van der Waals surface area contributed by atoms with Gasteiger partial charge in [-0.2, -0.15) is 0 Å². The topological polar surface area (TPSA) is 83.0 Å². The largest absolute Gasteiger partial charge is 0.461 e. The van der Waals surface area contributed by atoms with Gasteiger partial charge in [0, 0.05) is 6.07 Å². The third-order valence-corrected chi connectivity index (χ3v) is 2.77. The first-order valence-corrected chi connectivity index (χ1v) is 6.55. The number of rotatable bonds is 5. The molecule has 0 N–H and O–H groups in total. The van der Waals surface area contributed by atoms with Gasteiger partial charge in [0.1, 0.15) is 6.54 Å². The summed E-state index contributed by atoms with van der Waals surface area (Å²) in [4.78, 5) is 11.9. The van der Waals surface area contributed by atoms with E-state index in [-0.39, 0.29) is 11.6 Å². The summed E-state index contributed by atoms with van der Waals surface area (Å²) in [6, 6.07) is 1.83. The van der Waals surface area contributed by atoms with Crippen molar-refractivity contribution >= 4 is 5.97 Å². The maximum absolute atomic E-state index is 11.9. The highest BCUT2D eigenvalue weighted by molar-refractivity contribution is 5.88. The Morgan fingerprint density at radius 3 is 2.80 bits per heavy atom. The van der Waals surface area contributed by atoms with E-state index >= 15 is 0 Å². The minimum atomic E-state index is -0.448. The predicted octanol–water partition coefficient (Wildman–Crippen LogP) is 1.92. The fraction of sp³-hybridized carbons (Fsp3) is 0.538. The van der Waals surface area contributed by atoms with E-state index in [1.165, 1.54) is 0 Å². The van der Waals surface area contributed by atoms with Crippen LogP contribution in [0.3, 0.4) is 0 Å². The molecule has 0 saturated carbocycles. The number of aryl methyl sites for hydroxylation is 1. The van der Waals surface area contributed by atoms with E-state index in [0.29, 0.717) is 18.9 Å². The molecule has 7 heteroatoms. The van der Waals surface area contributed by atoms with E-state index in [4.69, 9.17) is 9.26 Å². The van der Waals surface area contributed by atoms with Gasteiger partial charge >= 0.3 is 5.97 Å². The summed E-state index contributed by atoms with van der Waals surface area (Å²) in [7, 11) is 0. The van der Waals surface area contributed by atoms with Gasteiger partial charge in [-0.05, 0) is 19.8 Å². The molecule has 20 heavy (non-hydrogen) atoms. The van der Waals surface area contributed by atoms with Crippen LogP contribution in [0.15, 0.2) is 10.6 Å². The molecule has 0 radical (unpaired) electrons. The summed E-state index contributed by atoms with van der Waals surface area (Å²) in [6.45, 7) is 8.26. The van der Waals surface area contributed by atoms with Crippen molar-refractivity contribution in [2.45, 2.75) is 40.2 Å². The number of ether oxygens (including phenoxy) is 1. The fourth-order valence-corrected chi connectivity index (χ4v) is 1.99. The highest BCUT2D eigenvalue weighted by Gasteiger charge is 2.23. The highest BCUT2D eigenvalue weighted by atomic mass is 16.5. The molecule has 108 valence electrons. The van der Waals surface area contributed by atoms with E-state index in [1.807, 2.05) is 26.8 Å². The normalized spacial score (nSPS) is 11.1. The van der Waals surface area contributed by atoms with Gasteiger partial charge in [-0.15, -0.1) is 5.10 Å². The van der Waals surface area contributed by atoms with Gasteiger partial charge in [0.2, 0.25) is 0 Å². The molecule has 2 heterocycles. The van der Waals surface area contributed by atoms with Crippen LogP contribution in [0.1, 0.15) is 54.3 Å². The number of aromatic nitrogens is 4. The molecule has 0 unspecified atom stereocenters. The van der Waals surface area contributed by atoms with Gasteiger partial charge in [-0.25, -0.2) is 9.48 Å². The Morgan fingerprint density at radius 1 is 1.50 bits per heavy atom. The van der Waals surface area contributed by atoms with Crippen molar-refractivity contribution < 1.29 is 14.1 Å². The number of esters is 1. The molecule has 0 aliphatic carbocycles. The lowest BCUT2D eigenvalue weighted by Gasteiger charge is -2.09. The van der Waals surface area contributed by atoms with Crippen LogP contribution in [0, 0.1) is 6.92 Å². The lowest BCUT2D eigenvalue weighted by atomic mass is 10.1.